The Kier molecular flexibility index (Phi) is 2.71. The Labute approximate surface area is 74.9 Å². The van der Waals surface area contributed by atoms with E-state index in [9.17, 15) is 4.79 Å². The molecular formula is C11H18O. The maximum atomic E-state index is 11.5. The molecule has 0 aromatic rings. The van der Waals surface area contributed by atoms with E-state index < -0.39 is 0 Å². The topological polar surface area (TPSA) is 17.1 Å². The predicted octanol–water partition coefficient (Wildman–Crippen LogP) is 2.96. The van der Waals surface area contributed by atoms with Crippen LogP contribution in [0.3, 0.4) is 0 Å². The Bertz CT molecular complexity index is 221. The Morgan fingerprint density at radius 2 is 1.58 bits per heavy atom. The molecule has 0 amide bonds. The highest BCUT2D eigenvalue weighted by Crippen LogP contribution is 2.32. The van der Waals surface area contributed by atoms with Gasteiger partial charge in [-0.15, -0.1) is 0 Å². The summed E-state index contributed by atoms with van der Waals surface area (Å²) >= 11 is 0. The third-order valence-electron chi connectivity index (χ3n) is 2.54. The lowest BCUT2D eigenvalue weighted by Crippen LogP contribution is -2.05. The van der Waals surface area contributed by atoms with Crippen molar-refractivity contribution >= 4 is 5.78 Å². The molecule has 1 heteroatoms. The lowest BCUT2D eigenvalue weighted by Gasteiger charge is -2.12. The fraction of sp³-hybridized carbons (Fsp3) is 0.727. The summed E-state index contributed by atoms with van der Waals surface area (Å²) in [6, 6.07) is 0. The van der Waals surface area contributed by atoms with E-state index in [1.807, 2.05) is 0 Å². The fourth-order valence-corrected chi connectivity index (χ4v) is 1.99. The van der Waals surface area contributed by atoms with E-state index >= 15 is 0 Å². The molecule has 0 unspecified atom stereocenters. The molecule has 0 saturated carbocycles. The third kappa shape index (κ3) is 1.60. The largest absolute Gasteiger partial charge is 0.295 e. The van der Waals surface area contributed by atoms with Crippen molar-refractivity contribution in [3.8, 4) is 0 Å². The minimum Gasteiger partial charge on any atom is -0.295 e. The van der Waals surface area contributed by atoms with Gasteiger partial charge < -0.3 is 0 Å². The molecule has 1 aliphatic rings. The first-order chi connectivity index (χ1) is 5.54. The summed E-state index contributed by atoms with van der Waals surface area (Å²) in [6.45, 7) is 8.58. The van der Waals surface area contributed by atoms with Crippen molar-refractivity contribution in [2.75, 3.05) is 0 Å². The van der Waals surface area contributed by atoms with Crippen molar-refractivity contribution in [3.05, 3.63) is 11.1 Å². The monoisotopic (exact) mass is 166 g/mol. The predicted molar refractivity (Wildman–Crippen MR) is 50.9 cm³/mol. The van der Waals surface area contributed by atoms with Gasteiger partial charge in [-0.2, -0.15) is 0 Å². The maximum Gasteiger partial charge on any atom is 0.159 e. The Morgan fingerprint density at radius 3 is 1.92 bits per heavy atom. The van der Waals surface area contributed by atoms with Gasteiger partial charge in [0.15, 0.2) is 5.78 Å². The first-order valence-corrected chi connectivity index (χ1v) is 4.80. The highest BCUT2D eigenvalue weighted by Gasteiger charge is 2.26. The van der Waals surface area contributed by atoms with Crippen LogP contribution < -0.4 is 0 Å². The molecule has 12 heavy (non-hydrogen) atoms. The zero-order valence-corrected chi connectivity index (χ0v) is 8.48. The van der Waals surface area contributed by atoms with Crippen LogP contribution in [0, 0.1) is 11.8 Å². The summed E-state index contributed by atoms with van der Waals surface area (Å²) in [7, 11) is 0. The highest BCUT2D eigenvalue weighted by molar-refractivity contribution is 5.99. The number of rotatable bonds is 2. The number of ketones is 1. The molecular weight excluding hydrogens is 148 g/mol. The number of carbonyl (C=O) groups excluding carboxylic acids is 1. The summed E-state index contributed by atoms with van der Waals surface area (Å²) in [5.41, 5.74) is 2.51. The molecule has 1 aliphatic carbocycles. The standard InChI is InChI=1S/C11H18O/c1-7(2)9-5-6-10(12)11(9)8(3)4/h7-8H,5-6H2,1-4H3. The Morgan fingerprint density at radius 1 is 1.00 bits per heavy atom. The Balaban J connectivity index is 2.98. The van der Waals surface area contributed by atoms with E-state index in [0.717, 1.165) is 18.4 Å². The molecule has 0 bridgehead atoms. The zero-order valence-electron chi connectivity index (χ0n) is 8.48. The van der Waals surface area contributed by atoms with E-state index in [-0.39, 0.29) is 0 Å². The third-order valence-corrected chi connectivity index (χ3v) is 2.54. The molecule has 0 radical (unpaired) electrons. The van der Waals surface area contributed by atoms with E-state index in [1.54, 1.807) is 0 Å². The molecule has 0 heterocycles. The van der Waals surface area contributed by atoms with Gasteiger partial charge in [-0.05, 0) is 23.8 Å². The van der Waals surface area contributed by atoms with Crippen LogP contribution >= 0.6 is 0 Å². The van der Waals surface area contributed by atoms with Crippen molar-refractivity contribution in [1.82, 2.24) is 0 Å². The van der Waals surface area contributed by atoms with Crippen LogP contribution in [0.4, 0.5) is 0 Å². The molecule has 0 aromatic heterocycles. The number of hydrogen-bond acceptors (Lipinski definition) is 1. The van der Waals surface area contributed by atoms with Crippen LogP contribution in [-0.2, 0) is 4.79 Å². The van der Waals surface area contributed by atoms with Crippen molar-refractivity contribution in [3.63, 3.8) is 0 Å². The van der Waals surface area contributed by atoms with Gasteiger partial charge in [0.2, 0.25) is 0 Å². The first-order valence-electron chi connectivity index (χ1n) is 4.80. The van der Waals surface area contributed by atoms with Gasteiger partial charge in [0.05, 0.1) is 0 Å². The molecule has 0 N–H and O–H groups in total. The fourth-order valence-electron chi connectivity index (χ4n) is 1.99. The van der Waals surface area contributed by atoms with Gasteiger partial charge in [-0.3, -0.25) is 4.79 Å². The SMILES string of the molecule is CC(C)C1=C(C(C)C)C(=O)CC1. The van der Waals surface area contributed by atoms with Gasteiger partial charge in [0.1, 0.15) is 0 Å². The quantitative estimate of drug-likeness (QED) is 0.616. The van der Waals surface area contributed by atoms with Crippen molar-refractivity contribution in [2.45, 2.75) is 40.5 Å². The number of Topliss-reactive ketones (excluding diaryl/α,β-unsaturated/α-hetero) is 1. The minimum absolute atomic E-state index is 0.383. The van der Waals surface area contributed by atoms with Gasteiger partial charge in [-0.25, -0.2) is 0 Å². The van der Waals surface area contributed by atoms with Crippen molar-refractivity contribution in [2.24, 2.45) is 11.8 Å². The van der Waals surface area contributed by atoms with E-state index in [0.29, 0.717) is 17.6 Å². The molecule has 68 valence electrons. The van der Waals surface area contributed by atoms with Gasteiger partial charge in [0.25, 0.3) is 0 Å². The molecule has 0 atom stereocenters. The van der Waals surface area contributed by atoms with Crippen LogP contribution in [0.15, 0.2) is 11.1 Å². The second-order valence-corrected chi connectivity index (χ2v) is 4.17. The first kappa shape index (κ1) is 9.50. The molecule has 0 saturated heterocycles. The lowest BCUT2D eigenvalue weighted by molar-refractivity contribution is -0.115. The number of allylic oxidation sites excluding steroid dienone is 2. The average molecular weight is 166 g/mol. The van der Waals surface area contributed by atoms with Gasteiger partial charge >= 0.3 is 0 Å². The van der Waals surface area contributed by atoms with E-state index in [1.165, 1.54) is 5.57 Å². The smallest absolute Gasteiger partial charge is 0.159 e. The van der Waals surface area contributed by atoms with Crippen LogP contribution in [0.2, 0.25) is 0 Å². The molecule has 0 spiro atoms. The van der Waals surface area contributed by atoms with Crippen molar-refractivity contribution < 1.29 is 4.79 Å². The maximum absolute atomic E-state index is 11.5. The second-order valence-electron chi connectivity index (χ2n) is 4.17. The highest BCUT2D eigenvalue weighted by atomic mass is 16.1. The molecule has 1 nitrogen and oxygen atoms in total. The van der Waals surface area contributed by atoms with Crippen LogP contribution in [0.25, 0.3) is 0 Å². The average Bonchev–Trinajstić information content (AvgIpc) is 2.30. The summed E-state index contributed by atoms with van der Waals surface area (Å²) in [6.07, 6.45) is 1.76. The second kappa shape index (κ2) is 3.42. The normalized spacial score (nSPS) is 18.7. The Hall–Kier alpha value is -0.590. The van der Waals surface area contributed by atoms with Gasteiger partial charge in [-0.1, -0.05) is 33.3 Å². The molecule has 1 rings (SSSR count). The molecule has 0 fully saturated rings. The zero-order chi connectivity index (χ0) is 9.30. The summed E-state index contributed by atoms with van der Waals surface area (Å²) < 4.78 is 0. The van der Waals surface area contributed by atoms with Crippen LogP contribution in [-0.4, -0.2) is 5.78 Å². The minimum atomic E-state index is 0.383. The van der Waals surface area contributed by atoms with Crippen LogP contribution in [0.5, 0.6) is 0 Å². The van der Waals surface area contributed by atoms with E-state index in [4.69, 9.17) is 0 Å². The summed E-state index contributed by atoms with van der Waals surface area (Å²) in [5, 5.41) is 0. The molecule has 0 aromatic carbocycles. The van der Waals surface area contributed by atoms with Gasteiger partial charge in [0, 0.05) is 6.42 Å². The summed E-state index contributed by atoms with van der Waals surface area (Å²) in [5.74, 6) is 1.35. The van der Waals surface area contributed by atoms with Crippen molar-refractivity contribution in [1.29, 1.82) is 0 Å². The van der Waals surface area contributed by atoms with E-state index in [2.05, 4.69) is 27.7 Å². The van der Waals surface area contributed by atoms with Crippen LogP contribution in [0.1, 0.15) is 40.5 Å². The lowest BCUT2D eigenvalue weighted by atomic mass is 9.93. The number of hydrogen-bond donors (Lipinski definition) is 0. The number of carbonyl (C=O) groups is 1. The summed E-state index contributed by atoms with van der Waals surface area (Å²) in [4.78, 5) is 11.5. The molecule has 0 aliphatic heterocycles.